The first-order valence-electron chi connectivity index (χ1n) is 10.4. The molecule has 1 aliphatic rings. The van der Waals surface area contributed by atoms with Crippen molar-refractivity contribution in [2.45, 2.75) is 77.4 Å². The van der Waals surface area contributed by atoms with Crippen LogP contribution < -0.4 is 0 Å². The lowest BCUT2D eigenvalue weighted by molar-refractivity contribution is -0.144. The molecule has 0 aliphatic carbocycles. The van der Waals surface area contributed by atoms with Crippen molar-refractivity contribution in [2.24, 2.45) is 5.92 Å². The maximum atomic E-state index is 12.3. The molecule has 1 unspecified atom stereocenters. The summed E-state index contributed by atoms with van der Waals surface area (Å²) in [5.74, 6) is -0.837. The zero-order valence-electron chi connectivity index (χ0n) is 17.8. The van der Waals surface area contributed by atoms with Crippen molar-refractivity contribution >= 4 is 17.7 Å². The molecule has 0 spiro atoms. The SMILES string of the molecule is CCCCC[C@@H](/C=C/C1OC=CC(=O)[C@@H]1C/C=C\CCCC(=O)OC)OC(C)=O. The number of rotatable bonds is 13. The Morgan fingerprint density at radius 3 is 2.72 bits per heavy atom. The highest BCUT2D eigenvalue weighted by Crippen LogP contribution is 2.22. The highest BCUT2D eigenvalue weighted by molar-refractivity contribution is 5.92. The predicted molar refractivity (Wildman–Crippen MR) is 111 cm³/mol. The molecule has 0 N–H and O–H groups in total. The van der Waals surface area contributed by atoms with E-state index in [0.29, 0.717) is 19.3 Å². The minimum Gasteiger partial charge on any atom is -0.493 e. The summed E-state index contributed by atoms with van der Waals surface area (Å²) in [4.78, 5) is 34.8. The average molecular weight is 407 g/mol. The monoisotopic (exact) mass is 406 g/mol. The second kappa shape index (κ2) is 14.6. The second-order valence-corrected chi connectivity index (χ2v) is 7.12. The van der Waals surface area contributed by atoms with Gasteiger partial charge in [-0.15, -0.1) is 0 Å². The number of ketones is 1. The molecular weight excluding hydrogens is 372 g/mol. The Kier molecular flexibility index (Phi) is 12.4. The number of carbonyl (C=O) groups is 3. The van der Waals surface area contributed by atoms with Crippen molar-refractivity contribution in [3.63, 3.8) is 0 Å². The first-order chi connectivity index (χ1) is 14.0. The number of allylic oxidation sites excluding steroid dienone is 3. The molecule has 6 nitrogen and oxygen atoms in total. The van der Waals surface area contributed by atoms with E-state index in [2.05, 4.69) is 11.7 Å². The van der Waals surface area contributed by atoms with Gasteiger partial charge in [0.2, 0.25) is 0 Å². The zero-order chi connectivity index (χ0) is 21.5. The highest BCUT2D eigenvalue weighted by Gasteiger charge is 2.28. The van der Waals surface area contributed by atoms with Crippen LogP contribution in [-0.2, 0) is 28.6 Å². The fourth-order valence-electron chi connectivity index (χ4n) is 3.07. The Hall–Kier alpha value is -2.37. The van der Waals surface area contributed by atoms with E-state index in [-0.39, 0.29) is 29.7 Å². The van der Waals surface area contributed by atoms with E-state index in [9.17, 15) is 14.4 Å². The van der Waals surface area contributed by atoms with Gasteiger partial charge in [0.15, 0.2) is 5.78 Å². The molecule has 0 aromatic rings. The Morgan fingerprint density at radius 1 is 1.24 bits per heavy atom. The summed E-state index contributed by atoms with van der Waals surface area (Å²) in [6, 6.07) is 0. The number of methoxy groups -OCH3 is 1. The van der Waals surface area contributed by atoms with E-state index >= 15 is 0 Å². The zero-order valence-corrected chi connectivity index (χ0v) is 17.8. The summed E-state index contributed by atoms with van der Waals surface area (Å²) >= 11 is 0. The second-order valence-electron chi connectivity index (χ2n) is 7.12. The molecule has 3 atom stereocenters. The summed E-state index contributed by atoms with van der Waals surface area (Å²) in [7, 11) is 1.38. The minimum atomic E-state index is -0.392. The smallest absolute Gasteiger partial charge is 0.305 e. The number of esters is 2. The summed E-state index contributed by atoms with van der Waals surface area (Å²) < 4.78 is 15.6. The molecule has 0 saturated heterocycles. The predicted octanol–water partition coefficient (Wildman–Crippen LogP) is 4.44. The molecule has 162 valence electrons. The molecule has 6 heteroatoms. The maximum absolute atomic E-state index is 12.3. The van der Waals surface area contributed by atoms with Crippen LogP contribution >= 0.6 is 0 Å². The Balaban J connectivity index is 2.62. The van der Waals surface area contributed by atoms with Crippen LogP contribution in [0.3, 0.4) is 0 Å². The van der Waals surface area contributed by atoms with E-state index in [1.54, 1.807) is 0 Å². The molecule has 1 aliphatic heterocycles. The largest absolute Gasteiger partial charge is 0.493 e. The van der Waals surface area contributed by atoms with Crippen LogP contribution in [0.25, 0.3) is 0 Å². The number of unbranched alkanes of at least 4 members (excludes halogenated alkanes) is 3. The van der Waals surface area contributed by atoms with Gasteiger partial charge in [0.05, 0.1) is 19.3 Å². The van der Waals surface area contributed by atoms with Crippen LogP contribution in [0, 0.1) is 5.92 Å². The molecular formula is C23H34O6. The lowest BCUT2D eigenvalue weighted by atomic mass is 9.91. The van der Waals surface area contributed by atoms with Gasteiger partial charge in [0, 0.05) is 19.4 Å². The van der Waals surface area contributed by atoms with Gasteiger partial charge < -0.3 is 14.2 Å². The normalized spacial score (nSPS) is 20.0. The van der Waals surface area contributed by atoms with Gasteiger partial charge in [-0.1, -0.05) is 31.9 Å². The third-order valence-electron chi connectivity index (χ3n) is 4.69. The fraction of sp³-hybridized carbons (Fsp3) is 0.609. The van der Waals surface area contributed by atoms with Crippen LogP contribution in [0.5, 0.6) is 0 Å². The molecule has 0 bridgehead atoms. The van der Waals surface area contributed by atoms with Crippen LogP contribution in [-0.4, -0.2) is 37.0 Å². The van der Waals surface area contributed by atoms with Crippen molar-refractivity contribution in [3.8, 4) is 0 Å². The van der Waals surface area contributed by atoms with Crippen molar-refractivity contribution in [1.29, 1.82) is 0 Å². The van der Waals surface area contributed by atoms with Gasteiger partial charge in [0.25, 0.3) is 0 Å². The molecule has 29 heavy (non-hydrogen) atoms. The summed E-state index contributed by atoms with van der Waals surface area (Å²) in [5.41, 5.74) is 0. The van der Waals surface area contributed by atoms with E-state index in [1.807, 2.05) is 24.3 Å². The van der Waals surface area contributed by atoms with Crippen molar-refractivity contribution < 1.29 is 28.6 Å². The fourth-order valence-corrected chi connectivity index (χ4v) is 3.07. The lowest BCUT2D eigenvalue weighted by Crippen LogP contribution is -2.30. The third-order valence-corrected chi connectivity index (χ3v) is 4.69. The van der Waals surface area contributed by atoms with E-state index in [0.717, 1.165) is 32.1 Å². The molecule has 0 aromatic heterocycles. The molecule has 0 saturated carbocycles. The van der Waals surface area contributed by atoms with Crippen molar-refractivity contribution in [3.05, 3.63) is 36.6 Å². The van der Waals surface area contributed by atoms with Crippen LogP contribution in [0.2, 0.25) is 0 Å². The van der Waals surface area contributed by atoms with Gasteiger partial charge in [-0.2, -0.15) is 0 Å². The van der Waals surface area contributed by atoms with Crippen molar-refractivity contribution in [2.75, 3.05) is 7.11 Å². The van der Waals surface area contributed by atoms with Gasteiger partial charge in [0.1, 0.15) is 12.2 Å². The Labute approximate surface area is 174 Å². The van der Waals surface area contributed by atoms with E-state index in [4.69, 9.17) is 9.47 Å². The third kappa shape index (κ3) is 10.7. The molecule has 0 fully saturated rings. The molecule has 0 radical (unpaired) electrons. The van der Waals surface area contributed by atoms with E-state index in [1.165, 1.54) is 26.4 Å². The average Bonchev–Trinajstić information content (AvgIpc) is 2.69. The Bertz CT molecular complexity index is 604. The minimum absolute atomic E-state index is 0.0140. The Morgan fingerprint density at radius 2 is 2.03 bits per heavy atom. The molecule has 0 amide bonds. The number of hydrogen-bond acceptors (Lipinski definition) is 6. The van der Waals surface area contributed by atoms with E-state index < -0.39 is 6.10 Å². The maximum Gasteiger partial charge on any atom is 0.305 e. The number of hydrogen-bond donors (Lipinski definition) is 0. The highest BCUT2D eigenvalue weighted by atomic mass is 16.5. The first-order valence-corrected chi connectivity index (χ1v) is 10.4. The van der Waals surface area contributed by atoms with Gasteiger partial charge >= 0.3 is 11.9 Å². The summed E-state index contributed by atoms with van der Waals surface area (Å²) in [6.07, 6.45) is 16.1. The van der Waals surface area contributed by atoms with Gasteiger partial charge in [-0.25, -0.2) is 0 Å². The molecule has 0 aromatic carbocycles. The van der Waals surface area contributed by atoms with Crippen molar-refractivity contribution in [1.82, 2.24) is 0 Å². The number of carbonyl (C=O) groups excluding carboxylic acids is 3. The van der Waals surface area contributed by atoms with Crippen LogP contribution in [0.1, 0.15) is 65.2 Å². The summed E-state index contributed by atoms with van der Waals surface area (Å²) in [6.45, 7) is 3.52. The van der Waals surface area contributed by atoms with Gasteiger partial charge in [-0.3, -0.25) is 14.4 Å². The standard InChI is InChI=1S/C23H34O6/c1-4-5-8-11-19(29-18(2)24)14-15-22-20(21(25)16-17-28-22)12-9-6-7-10-13-23(26)27-3/h6,9,14-17,19-20,22H,4-5,7-8,10-13H2,1-3H3/b9-6-,15-14+/t19-,20-,22?/m0/s1. The first kappa shape index (κ1) is 24.7. The van der Waals surface area contributed by atoms with Crippen LogP contribution in [0.15, 0.2) is 36.6 Å². The summed E-state index contributed by atoms with van der Waals surface area (Å²) in [5, 5.41) is 0. The molecule has 1 heterocycles. The topological polar surface area (TPSA) is 78.9 Å². The van der Waals surface area contributed by atoms with Gasteiger partial charge in [-0.05, 0) is 44.3 Å². The number of ether oxygens (including phenoxy) is 3. The van der Waals surface area contributed by atoms with Crippen LogP contribution in [0.4, 0.5) is 0 Å². The lowest BCUT2D eigenvalue weighted by Gasteiger charge is -2.25. The quantitative estimate of drug-likeness (QED) is 0.256. The molecule has 1 rings (SSSR count).